The Bertz CT molecular complexity index is 841. The number of carbonyl (C=O) groups is 2. The van der Waals surface area contributed by atoms with Gasteiger partial charge >= 0.3 is 0 Å². The number of benzene rings is 2. The van der Waals surface area contributed by atoms with Crippen LogP contribution in [0.15, 0.2) is 61.2 Å². The lowest BCUT2D eigenvalue weighted by Gasteiger charge is -2.36. The maximum absolute atomic E-state index is 13.5. The Hall–Kier alpha value is -2.10. The number of carbonyl (C=O) groups excluding carboxylic acids is 2. The molecule has 2 aromatic rings. The number of halogens is 2. The van der Waals surface area contributed by atoms with Gasteiger partial charge in [0.05, 0.1) is 16.0 Å². The number of hydrogen-bond acceptors (Lipinski definition) is 2. The first-order valence-electron chi connectivity index (χ1n) is 8.66. The van der Waals surface area contributed by atoms with Crippen LogP contribution in [0, 0.1) is 0 Å². The zero-order valence-electron chi connectivity index (χ0n) is 15.7. The van der Waals surface area contributed by atoms with Gasteiger partial charge in [-0.05, 0) is 57.0 Å². The van der Waals surface area contributed by atoms with Crippen LogP contribution in [0.4, 0.5) is 0 Å². The number of amides is 2. The molecular weight excluding hydrogens is 381 g/mol. The van der Waals surface area contributed by atoms with Gasteiger partial charge in [-0.15, -0.1) is 6.58 Å². The van der Waals surface area contributed by atoms with Gasteiger partial charge in [0.15, 0.2) is 0 Å². The van der Waals surface area contributed by atoms with Gasteiger partial charge in [0.2, 0.25) is 5.91 Å². The summed E-state index contributed by atoms with van der Waals surface area (Å²) in [4.78, 5) is 27.9. The molecule has 0 saturated heterocycles. The average molecular weight is 404 g/mol. The average Bonchev–Trinajstić information content (AvgIpc) is 2.61. The van der Waals surface area contributed by atoms with Crippen LogP contribution in [0.5, 0.6) is 0 Å². The Morgan fingerprint density at radius 3 is 2.22 bits per heavy atom. The lowest BCUT2D eigenvalue weighted by atomic mass is 9.91. The van der Waals surface area contributed by atoms with E-state index in [4.69, 9.17) is 23.2 Å². The normalized spacial score (nSPS) is 12.3. The lowest BCUT2D eigenvalue weighted by molar-refractivity contribution is -0.133. The summed E-state index contributed by atoms with van der Waals surface area (Å²) < 4.78 is 0. The minimum atomic E-state index is -0.695. The van der Waals surface area contributed by atoms with Crippen LogP contribution in [0.25, 0.3) is 0 Å². The maximum atomic E-state index is 13.5. The summed E-state index contributed by atoms with van der Waals surface area (Å²) in [6, 6.07) is 13.9. The molecular formula is C22H23Cl2NO2. The van der Waals surface area contributed by atoms with E-state index in [0.29, 0.717) is 27.6 Å². The molecule has 0 aromatic heterocycles. The second-order valence-electron chi connectivity index (χ2n) is 7.27. The van der Waals surface area contributed by atoms with Crippen molar-refractivity contribution in [2.24, 2.45) is 0 Å². The Morgan fingerprint density at radius 1 is 1.07 bits per heavy atom. The van der Waals surface area contributed by atoms with Crippen molar-refractivity contribution in [3.8, 4) is 0 Å². The minimum Gasteiger partial charge on any atom is -0.274 e. The van der Waals surface area contributed by atoms with E-state index >= 15 is 0 Å². The molecule has 3 nitrogen and oxygen atoms in total. The molecule has 0 aliphatic rings. The van der Waals surface area contributed by atoms with Crippen molar-refractivity contribution in [3.63, 3.8) is 0 Å². The highest BCUT2D eigenvalue weighted by atomic mass is 35.5. The summed E-state index contributed by atoms with van der Waals surface area (Å²) in [5.74, 6) is -1.21. The topological polar surface area (TPSA) is 37.4 Å². The molecule has 0 aliphatic carbocycles. The fourth-order valence-corrected chi connectivity index (χ4v) is 3.18. The van der Waals surface area contributed by atoms with Crippen LogP contribution < -0.4 is 0 Å². The minimum absolute atomic E-state index is 0.297. The highest BCUT2D eigenvalue weighted by molar-refractivity contribution is 6.42. The number of hydrogen-bond donors (Lipinski definition) is 0. The van der Waals surface area contributed by atoms with E-state index in [1.54, 1.807) is 48.5 Å². The maximum Gasteiger partial charge on any atom is 0.260 e. The van der Waals surface area contributed by atoms with E-state index < -0.39 is 11.5 Å². The largest absolute Gasteiger partial charge is 0.274 e. The van der Waals surface area contributed by atoms with Gasteiger partial charge in [-0.3, -0.25) is 14.5 Å². The fourth-order valence-electron chi connectivity index (χ4n) is 2.88. The molecule has 0 saturated carbocycles. The van der Waals surface area contributed by atoms with Crippen molar-refractivity contribution in [1.82, 2.24) is 4.90 Å². The Kier molecular flexibility index (Phi) is 6.85. The second kappa shape index (κ2) is 8.73. The van der Waals surface area contributed by atoms with Crippen LogP contribution in [0.3, 0.4) is 0 Å². The SMILES string of the molecule is C=CCC(C(=O)N(C(=O)c1ccccc1)C(C)(C)C)c1ccc(Cl)c(Cl)c1. The molecule has 0 N–H and O–H groups in total. The van der Waals surface area contributed by atoms with Gasteiger partial charge in [0.25, 0.3) is 5.91 Å². The summed E-state index contributed by atoms with van der Waals surface area (Å²) in [5.41, 5.74) is 0.469. The number of rotatable bonds is 5. The fraction of sp³-hybridized carbons (Fsp3) is 0.273. The molecule has 1 atom stereocenters. The molecule has 5 heteroatoms. The predicted molar refractivity (Wildman–Crippen MR) is 111 cm³/mol. The van der Waals surface area contributed by atoms with Gasteiger partial charge < -0.3 is 0 Å². The summed E-state index contributed by atoms with van der Waals surface area (Å²) in [6.45, 7) is 9.27. The van der Waals surface area contributed by atoms with Crippen molar-refractivity contribution >= 4 is 35.0 Å². The molecule has 27 heavy (non-hydrogen) atoms. The summed E-state index contributed by atoms with van der Waals surface area (Å²) in [5, 5.41) is 0.783. The van der Waals surface area contributed by atoms with Gasteiger partial charge in [-0.2, -0.15) is 0 Å². The third-order valence-corrected chi connectivity index (χ3v) is 4.90. The first-order valence-corrected chi connectivity index (χ1v) is 9.41. The van der Waals surface area contributed by atoms with Gasteiger partial charge in [0.1, 0.15) is 0 Å². The van der Waals surface area contributed by atoms with E-state index in [-0.39, 0.29) is 11.8 Å². The van der Waals surface area contributed by atoms with Crippen LogP contribution in [0.1, 0.15) is 49.0 Å². The van der Waals surface area contributed by atoms with Crippen LogP contribution >= 0.6 is 23.2 Å². The van der Waals surface area contributed by atoms with Gasteiger partial charge in [0, 0.05) is 11.1 Å². The summed E-state index contributed by atoms with van der Waals surface area (Å²) >= 11 is 12.1. The van der Waals surface area contributed by atoms with Gasteiger partial charge in [-0.1, -0.05) is 53.5 Å². The van der Waals surface area contributed by atoms with Crippen molar-refractivity contribution < 1.29 is 9.59 Å². The molecule has 2 aromatic carbocycles. The van der Waals surface area contributed by atoms with E-state index in [9.17, 15) is 9.59 Å². The zero-order chi connectivity index (χ0) is 20.2. The van der Waals surface area contributed by atoms with E-state index in [2.05, 4.69) is 6.58 Å². The molecule has 0 aliphatic heterocycles. The van der Waals surface area contributed by atoms with Gasteiger partial charge in [-0.25, -0.2) is 0 Å². The highest BCUT2D eigenvalue weighted by Crippen LogP contribution is 2.32. The Labute approximate surface area is 170 Å². The molecule has 2 amide bonds. The van der Waals surface area contributed by atoms with E-state index in [1.807, 2.05) is 26.8 Å². The van der Waals surface area contributed by atoms with Crippen molar-refractivity contribution in [3.05, 3.63) is 82.4 Å². The molecule has 0 spiro atoms. The van der Waals surface area contributed by atoms with Crippen molar-refractivity contribution in [2.45, 2.75) is 38.6 Å². The lowest BCUT2D eigenvalue weighted by Crippen LogP contribution is -2.51. The molecule has 0 fully saturated rings. The van der Waals surface area contributed by atoms with Crippen LogP contribution in [-0.2, 0) is 4.79 Å². The smallest absolute Gasteiger partial charge is 0.260 e. The first kappa shape index (κ1) is 21.2. The van der Waals surface area contributed by atoms with Crippen LogP contribution in [0.2, 0.25) is 10.0 Å². The molecule has 0 heterocycles. The standard InChI is InChI=1S/C22H23Cl2NO2/c1-5-9-17(16-12-13-18(23)19(24)14-16)21(27)25(22(2,3)4)20(26)15-10-7-6-8-11-15/h5-8,10-14,17H,1,9H2,2-4H3. The highest BCUT2D eigenvalue weighted by Gasteiger charge is 2.37. The van der Waals surface area contributed by atoms with Crippen molar-refractivity contribution in [1.29, 1.82) is 0 Å². The number of allylic oxidation sites excluding steroid dienone is 1. The van der Waals surface area contributed by atoms with E-state index in [1.165, 1.54) is 4.90 Å². The quantitative estimate of drug-likeness (QED) is 0.563. The monoisotopic (exact) mass is 403 g/mol. The Balaban J connectivity index is 2.49. The molecule has 0 radical (unpaired) electrons. The third kappa shape index (κ3) is 5.00. The Morgan fingerprint density at radius 2 is 1.70 bits per heavy atom. The second-order valence-corrected chi connectivity index (χ2v) is 8.08. The predicted octanol–water partition coefficient (Wildman–Crippen LogP) is 6.12. The molecule has 0 bridgehead atoms. The summed E-state index contributed by atoms with van der Waals surface area (Å²) in [6.07, 6.45) is 2.05. The first-order chi connectivity index (χ1) is 12.7. The zero-order valence-corrected chi connectivity index (χ0v) is 17.2. The van der Waals surface area contributed by atoms with Crippen LogP contribution in [-0.4, -0.2) is 22.3 Å². The number of imide groups is 1. The summed E-state index contributed by atoms with van der Waals surface area (Å²) in [7, 11) is 0. The van der Waals surface area contributed by atoms with E-state index in [0.717, 1.165) is 0 Å². The molecule has 1 unspecified atom stereocenters. The molecule has 142 valence electrons. The molecule has 2 rings (SSSR count). The van der Waals surface area contributed by atoms with Crippen molar-refractivity contribution in [2.75, 3.05) is 0 Å². The number of nitrogens with zero attached hydrogens (tertiary/aromatic N) is 1. The third-order valence-electron chi connectivity index (χ3n) is 4.16.